The molecular formula is C17H16BrNO. The first-order valence-corrected chi connectivity index (χ1v) is 7.60. The lowest BCUT2D eigenvalue weighted by atomic mass is 9.92. The average molecular weight is 330 g/mol. The van der Waals surface area contributed by atoms with Crippen LogP contribution in [0.15, 0.2) is 46.9 Å². The van der Waals surface area contributed by atoms with E-state index in [1.54, 1.807) is 0 Å². The number of carbonyl (C=O) groups excluding carboxylic acids is 1. The standard InChI is InChI=1S/C17H16BrNO/c18-15-8-6-12(11-4-2-1-3-5-11)14-10-17(20)16(19)9-7-13(14)15/h1-6,8,16H,7,9-10,19H2. The van der Waals surface area contributed by atoms with Crippen LogP contribution in [0.2, 0.25) is 0 Å². The molecule has 0 aliphatic heterocycles. The van der Waals surface area contributed by atoms with Gasteiger partial charge in [-0.05, 0) is 41.2 Å². The Labute approximate surface area is 127 Å². The number of rotatable bonds is 1. The van der Waals surface area contributed by atoms with E-state index in [0.717, 1.165) is 34.0 Å². The molecule has 0 fully saturated rings. The van der Waals surface area contributed by atoms with E-state index in [4.69, 9.17) is 5.73 Å². The highest BCUT2D eigenvalue weighted by Crippen LogP contribution is 2.34. The van der Waals surface area contributed by atoms with Crippen LogP contribution in [-0.4, -0.2) is 11.8 Å². The number of hydrogen-bond donors (Lipinski definition) is 1. The van der Waals surface area contributed by atoms with Crippen LogP contribution in [-0.2, 0) is 17.6 Å². The molecule has 3 heteroatoms. The second-order valence-electron chi connectivity index (χ2n) is 5.21. The third kappa shape index (κ3) is 2.43. The van der Waals surface area contributed by atoms with Gasteiger partial charge in [0.1, 0.15) is 0 Å². The predicted octanol–water partition coefficient (Wildman–Crippen LogP) is 3.50. The Morgan fingerprint density at radius 3 is 2.55 bits per heavy atom. The fourth-order valence-corrected chi connectivity index (χ4v) is 3.36. The molecule has 0 bridgehead atoms. The summed E-state index contributed by atoms with van der Waals surface area (Å²) in [6.07, 6.45) is 2.01. The van der Waals surface area contributed by atoms with Crippen molar-refractivity contribution in [3.63, 3.8) is 0 Å². The fraction of sp³-hybridized carbons (Fsp3) is 0.235. The molecule has 2 nitrogen and oxygen atoms in total. The normalized spacial score (nSPS) is 18.5. The van der Waals surface area contributed by atoms with Gasteiger partial charge in [0.15, 0.2) is 5.78 Å². The second kappa shape index (κ2) is 5.51. The largest absolute Gasteiger partial charge is 0.321 e. The molecule has 0 spiro atoms. The Bertz CT molecular complexity index is 652. The van der Waals surface area contributed by atoms with Gasteiger partial charge in [-0.3, -0.25) is 4.79 Å². The van der Waals surface area contributed by atoms with E-state index in [9.17, 15) is 4.79 Å². The van der Waals surface area contributed by atoms with E-state index in [-0.39, 0.29) is 11.8 Å². The molecule has 1 atom stereocenters. The molecule has 2 N–H and O–H groups in total. The third-order valence-corrected chi connectivity index (χ3v) is 4.67. The van der Waals surface area contributed by atoms with Crippen molar-refractivity contribution < 1.29 is 4.79 Å². The van der Waals surface area contributed by atoms with Gasteiger partial charge in [0.05, 0.1) is 6.04 Å². The van der Waals surface area contributed by atoms with Crippen LogP contribution in [0.1, 0.15) is 17.5 Å². The van der Waals surface area contributed by atoms with Gasteiger partial charge < -0.3 is 5.73 Å². The molecule has 0 saturated heterocycles. The van der Waals surface area contributed by atoms with Crippen LogP contribution in [0, 0.1) is 0 Å². The van der Waals surface area contributed by atoms with Crippen LogP contribution in [0.5, 0.6) is 0 Å². The number of fused-ring (bicyclic) bond motifs is 1. The Morgan fingerprint density at radius 2 is 1.80 bits per heavy atom. The average Bonchev–Trinajstić information content (AvgIpc) is 2.61. The van der Waals surface area contributed by atoms with Crippen molar-refractivity contribution in [2.24, 2.45) is 5.73 Å². The number of halogens is 1. The number of carbonyl (C=O) groups is 1. The lowest BCUT2D eigenvalue weighted by molar-refractivity contribution is -0.119. The molecule has 102 valence electrons. The molecule has 0 aromatic heterocycles. The number of hydrogen-bond acceptors (Lipinski definition) is 2. The molecule has 1 aliphatic rings. The van der Waals surface area contributed by atoms with Crippen LogP contribution in [0.4, 0.5) is 0 Å². The minimum atomic E-state index is -0.335. The van der Waals surface area contributed by atoms with Gasteiger partial charge in [-0.1, -0.05) is 52.3 Å². The molecular weight excluding hydrogens is 314 g/mol. The molecule has 0 saturated carbocycles. The van der Waals surface area contributed by atoms with Gasteiger partial charge in [0, 0.05) is 10.9 Å². The molecule has 3 rings (SSSR count). The van der Waals surface area contributed by atoms with E-state index in [1.807, 2.05) is 18.2 Å². The summed E-state index contributed by atoms with van der Waals surface area (Å²) in [4.78, 5) is 12.1. The number of benzene rings is 2. The van der Waals surface area contributed by atoms with Gasteiger partial charge in [0.2, 0.25) is 0 Å². The predicted molar refractivity (Wildman–Crippen MR) is 84.6 cm³/mol. The maximum Gasteiger partial charge on any atom is 0.153 e. The molecule has 2 aromatic rings. The molecule has 0 amide bonds. The second-order valence-corrected chi connectivity index (χ2v) is 6.06. The van der Waals surface area contributed by atoms with E-state index in [2.05, 4.69) is 40.2 Å². The van der Waals surface area contributed by atoms with Crippen LogP contribution < -0.4 is 5.73 Å². The molecule has 0 heterocycles. The monoisotopic (exact) mass is 329 g/mol. The van der Waals surface area contributed by atoms with Crippen molar-refractivity contribution in [3.8, 4) is 11.1 Å². The lowest BCUT2D eigenvalue weighted by Crippen LogP contribution is -2.30. The van der Waals surface area contributed by atoms with E-state index < -0.39 is 0 Å². The van der Waals surface area contributed by atoms with Crippen LogP contribution in [0.25, 0.3) is 11.1 Å². The fourth-order valence-electron chi connectivity index (χ4n) is 2.79. The number of ketones is 1. The summed E-state index contributed by atoms with van der Waals surface area (Å²) >= 11 is 3.61. The summed E-state index contributed by atoms with van der Waals surface area (Å²) in [6, 6.07) is 14.0. The van der Waals surface area contributed by atoms with Gasteiger partial charge in [-0.25, -0.2) is 0 Å². The first-order chi connectivity index (χ1) is 9.66. The Morgan fingerprint density at radius 1 is 1.05 bits per heavy atom. The van der Waals surface area contributed by atoms with Gasteiger partial charge >= 0.3 is 0 Å². The topological polar surface area (TPSA) is 43.1 Å². The molecule has 0 radical (unpaired) electrons. The van der Waals surface area contributed by atoms with E-state index >= 15 is 0 Å². The van der Waals surface area contributed by atoms with Crippen molar-refractivity contribution in [1.29, 1.82) is 0 Å². The summed E-state index contributed by atoms with van der Waals surface area (Å²) in [5, 5.41) is 0. The summed E-state index contributed by atoms with van der Waals surface area (Å²) in [5.74, 6) is 0.138. The number of Topliss-reactive ketones (excluding diaryl/α,β-unsaturated/α-hetero) is 1. The highest BCUT2D eigenvalue weighted by atomic mass is 79.9. The number of nitrogens with two attached hydrogens (primary N) is 1. The van der Waals surface area contributed by atoms with E-state index in [0.29, 0.717) is 6.42 Å². The minimum Gasteiger partial charge on any atom is -0.321 e. The van der Waals surface area contributed by atoms with Crippen molar-refractivity contribution in [1.82, 2.24) is 0 Å². The molecule has 20 heavy (non-hydrogen) atoms. The molecule has 1 unspecified atom stereocenters. The minimum absolute atomic E-state index is 0.138. The summed E-state index contributed by atoms with van der Waals surface area (Å²) in [6.45, 7) is 0. The maximum absolute atomic E-state index is 12.1. The van der Waals surface area contributed by atoms with Gasteiger partial charge in [-0.15, -0.1) is 0 Å². The first kappa shape index (κ1) is 13.5. The smallest absolute Gasteiger partial charge is 0.153 e. The Kier molecular flexibility index (Phi) is 3.72. The molecule has 2 aromatic carbocycles. The summed E-state index contributed by atoms with van der Waals surface area (Å²) < 4.78 is 1.08. The SMILES string of the molecule is NC1CCc2c(Br)ccc(-c3ccccc3)c2CC1=O. The summed E-state index contributed by atoms with van der Waals surface area (Å²) in [5.41, 5.74) is 10.6. The molecule has 1 aliphatic carbocycles. The van der Waals surface area contributed by atoms with Crippen molar-refractivity contribution >= 4 is 21.7 Å². The zero-order valence-corrected chi connectivity index (χ0v) is 12.7. The lowest BCUT2D eigenvalue weighted by Gasteiger charge is -2.14. The quantitative estimate of drug-likeness (QED) is 0.813. The zero-order valence-electron chi connectivity index (χ0n) is 11.1. The van der Waals surface area contributed by atoms with Crippen molar-refractivity contribution in [2.75, 3.05) is 0 Å². The summed E-state index contributed by atoms with van der Waals surface area (Å²) in [7, 11) is 0. The van der Waals surface area contributed by atoms with Crippen molar-refractivity contribution in [2.45, 2.75) is 25.3 Å². The highest BCUT2D eigenvalue weighted by Gasteiger charge is 2.24. The van der Waals surface area contributed by atoms with Crippen LogP contribution >= 0.6 is 15.9 Å². The first-order valence-electron chi connectivity index (χ1n) is 6.81. The van der Waals surface area contributed by atoms with Crippen LogP contribution in [0.3, 0.4) is 0 Å². The third-order valence-electron chi connectivity index (χ3n) is 3.93. The van der Waals surface area contributed by atoms with E-state index in [1.165, 1.54) is 5.56 Å². The Balaban J connectivity index is 2.17. The van der Waals surface area contributed by atoms with Gasteiger partial charge in [-0.2, -0.15) is 0 Å². The van der Waals surface area contributed by atoms with Crippen molar-refractivity contribution in [3.05, 3.63) is 58.1 Å². The highest BCUT2D eigenvalue weighted by molar-refractivity contribution is 9.10. The zero-order chi connectivity index (χ0) is 14.1. The Hall–Kier alpha value is -1.45. The maximum atomic E-state index is 12.1. The van der Waals surface area contributed by atoms with Gasteiger partial charge in [0.25, 0.3) is 0 Å².